The molecular formula is C16H22F5N3. The molecule has 0 aromatic heterocycles. The Morgan fingerprint density at radius 1 is 1.21 bits per heavy atom. The maximum atomic E-state index is 13.8. The zero-order chi connectivity index (χ0) is 18.2. The van der Waals surface area contributed by atoms with Crippen LogP contribution < -0.4 is 10.6 Å². The first-order valence-corrected chi connectivity index (χ1v) is 7.79. The molecule has 0 saturated heterocycles. The van der Waals surface area contributed by atoms with Gasteiger partial charge in [0.2, 0.25) is 0 Å². The highest BCUT2D eigenvalue weighted by Gasteiger charge is 2.25. The van der Waals surface area contributed by atoms with E-state index in [2.05, 4.69) is 15.6 Å². The van der Waals surface area contributed by atoms with Crippen LogP contribution in [0.2, 0.25) is 0 Å². The number of rotatable bonds is 7. The molecule has 0 aliphatic carbocycles. The standard InChI is InChI=1S/C16H22F5N3/c1-3-22-15(23-9-5-4-8-16(19,20)21)24-11(2)13-7-6-12(17)10-14(13)18/h6-7,10-11H,3-5,8-9H2,1-2H3,(H2,22,23,24). The number of aliphatic imine (C=N–C) groups is 1. The van der Waals surface area contributed by atoms with Crippen LogP contribution in [0, 0.1) is 11.6 Å². The Hall–Kier alpha value is -1.86. The lowest BCUT2D eigenvalue weighted by Crippen LogP contribution is -2.39. The quantitative estimate of drug-likeness (QED) is 0.332. The molecule has 1 rings (SSSR count). The van der Waals surface area contributed by atoms with E-state index in [9.17, 15) is 22.0 Å². The van der Waals surface area contributed by atoms with Crippen molar-refractivity contribution >= 4 is 5.96 Å². The van der Waals surface area contributed by atoms with Gasteiger partial charge in [0, 0.05) is 31.1 Å². The van der Waals surface area contributed by atoms with Gasteiger partial charge in [-0.1, -0.05) is 6.07 Å². The van der Waals surface area contributed by atoms with Crippen molar-refractivity contribution in [2.24, 2.45) is 4.99 Å². The van der Waals surface area contributed by atoms with Crippen molar-refractivity contribution < 1.29 is 22.0 Å². The van der Waals surface area contributed by atoms with E-state index in [0.717, 1.165) is 12.1 Å². The van der Waals surface area contributed by atoms with Gasteiger partial charge in [-0.15, -0.1) is 0 Å². The zero-order valence-corrected chi connectivity index (χ0v) is 13.7. The molecule has 0 fully saturated rings. The molecule has 1 atom stereocenters. The summed E-state index contributed by atoms with van der Waals surface area (Å²) >= 11 is 0. The van der Waals surface area contributed by atoms with Crippen LogP contribution in [0.3, 0.4) is 0 Å². The first-order chi connectivity index (χ1) is 11.2. The zero-order valence-electron chi connectivity index (χ0n) is 13.7. The predicted octanol–water partition coefficient (Wildman–Crippen LogP) is 4.31. The minimum absolute atomic E-state index is 0.00848. The topological polar surface area (TPSA) is 36.4 Å². The van der Waals surface area contributed by atoms with E-state index in [1.165, 1.54) is 6.07 Å². The Kier molecular flexibility index (Phi) is 7.94. The van der Waals surface area contributed by atoms with Crippen LogP contribution in [0.5, 0.6) is 0 Å². The summed E-state index contributed by atoms with van der Waals surface area (Å²) in [6.07, 6.45) is -4.67. The van der Waals surface area contributed by atoms with Crippen LogP contribution in [0.15, 0.2) is 23.2 Å². The number of halogens is 5. The fraction of sp³-hybridized carbons (Fsp3) is 0.562. The first kappa shape index (κ1) is 20.2. The highest BCUT2D eigenvalue weighted by Crippen LogP contribution is 2.22. The number of hydrogen-bond donors (Lipinski definition) is 2. The Bertz CT molecular complexity index is 543. The highest BCUT2D eigenvalue weighted by atomic mass is 19.4. The number of nitrogens with zero attached hydrogens (tertiary/aromatic N) is 1. The van der Waals surface area contributed by atoms with E-state index < -0.39 is 30.3 Å². The van der Waals surface area contributed by atoms with E-state index in [1.54, 1.807) is 6.92 Å². The molecule has 1 unspecified atom stereocenters. The van der Waals surface area contributed by atoms with Crippen LogP contribution in [0.4, 0.5) is 22.0 Å². The van der Waals surface area contributed by atoms with E-state index >= 15 is 0 Å². The van der Waals surface area contributed by atoms with Crippen LogP contribution in [0.1, 0.15) is 44.7 Å². The molecule has 0 saturated carbocycles. The van der Waals surface area contributed by atoms with Gasteiger partial charge in [0.15, 0.2) is 5.96 Å². The highest BCUT2D eigenvalue weighted by molar-refractivity contribution is 5.80. The maximum Gasteiger partial charge on any atom is 0.389 e. The third-order valence-corrected chi connectivity index (χ3v) is 3.26. The monoisotopic (exact) mass is 351 g/mol. The Morgan fingerprint density at radius 2 is 1.92 bits per heavy atom. The van der Waals surface area contributed by atoms with Gasteiger partial charge in [-0.2, -0.15) is 13.2 Å². The second-order valence-corrected chi connectivity index (χ2v) is 5.36. The Labute approximate surface area is 138 Å². The summed E-state index contributed by atoms with van der Waals surface area (Å²) in [4.78, 5) is 4.18. The minimum Gasteiger partial charge on any atom is -0.357 e. The predicted molar refractivity (Wildman–Crippen MR) is 83.8 cm³/mol. The summed E-state index contributed by atoms with van der Waals surface area (Å²) < 4.78 is 62.9. The molecule has 0 bridgehead atoms. The number of hydrogen-bond acceptors (Lipinski definition) is 1. The number of nitrogens with one attached hydrogen (secondary N) is 2. The largest absolute Gasteiger partial charge is 0.389 e. The maximum absolute atomic E-state index is 13.8. The molecule has 24 heavy (non-hydrogen) atoms. The summed E-state index contributed by atoms with van der Waals surface area (Å²) in [6, 6.07) is 2.83. The third kappa shape index (κ3) is 7.61. The summed E-state index contributed by atoms with van der Waals surface area (Å²) in [5.41, 5.74) is 0.277. The molecule has 3 nitrogen and oxygen atoms in total. The first-order valence-electron chi connectivity index (χ1n) is 7.79. The van der Waals surface area contributed by atoms with Gasteiger partial charge in [0.05, 0.1) is 6.04 Å². The summed E-state index contributed by atoms with van der Waals surface area (Å²) in [7, 11) is 0. The number of alkyl halides is 3. The normalized spacial score (nSPS) is 13.7. The molecule has 0 aliphatic rings. The Balaban J connectivity index is 2.59. The second kappa shape index (κ2) is 9.44. The van der Waals surface area contributed by atoms with Gasteiger partial charge in [-0.3, -0.25) is 4.99 Å². The summed E-state index contributed by atoms with van der Waals surface area (Å²) in [5, 5.41) is 5.90. The van der Waals surface area contributed by atoms with Gasteiger partial charge in [-0.25, -0.2) is 8.78 Å². The van der Waals surface area contributed by atoms with Crippen molar-refractivity contribution in [3.63, 3.8) is 0 Å². The minimum atomic E-state index is -4.15. The summed E-state index contributed by atoms with van der Waals surface area (Å²) in [5.74, 6) is -0.953. The van der Waals surface area contributed by atoms with Gasteiger partial charge in [-0.05, 0) is 32.8 Å². The average Bonchev–Trinajstić information content (AvgIpc) is 2.45. The molecule has 1 aromatic rings. The molecule has 0 aliphatic heterocycles. The fourth-order valence-corrected chi connectivity index (χ4v) is 2.08. The molecule has 0 amide bonds. The number of guanidine groups is 1. The van der Waals surface area contributed by atoms with E-state index in [1.807, 2.05) is 6.92 Å². The van der Waals surface area contributed by atoms with Gasteiger partial charge >= 0.3 is 6.18 Å². The van der Waals surface area contributed by atoms with Crippen molar-refractivity contribution in [2.75, 3.05) is 13.1 Å². The SMILES string of the molecule is CCNC(=NCCCCC(F)(F)F)NC(C)c1ccc(F)cc1F. The number of benzene rings is 1. The van der Waals surface area contributed by atoms with Crippen molar-refractivity contribution in [1.82, 2.24) is 10.6 Å². The van der Waals surface area contributed by atoms with Gasteiger partial charge < -0.3 is 10.6 Å². The number of unbranched alkanes of at least 4 members (excludes halogenated alkanes) is 1. The van der Waals surface area contributed by atoms with Gasteiger partial charge in [0.25, 0.3) is 0 Å². The van der Waals surface area contributed by atoms with E-state index in [0.29, 0.717) is 18.9 Å². The van der Waals surface area contributed by atoms with Crippen molar-refractivity contribution in [1.29, 1.82) is 0 Å². The van der Waals surface area contributed by atoms with Crippen molar-refractivity contribution in [3.05, 3.63) is 35.4 Å². The van der Waals surface area contributed by atoms with Crippen LogP contribution in [-0.2, 0) is 0 Å². The lowest BCUT2D eigenvalue weighted by atomic mass is 10.1. The molecule has 0 heterocycles. The molecule has 0 radical (unpaired) electrons. The van der Waals surface area contributed by atoms with Crippen LogP contribution in [-0.4, -0.2) is 25.2 Å². The summed E-state index contributed by atoms with van der Waals surface area (Å²) in [6.45, 7) is 4.30. The van der Waals surface area contributed by atoms with Crippen LogP contribution in [0.25, 0.3) is 0 Å². The average molecular weight is 351 g/mol. The third-order valence-electron chi connectivity index (χ3n) is 3.26. The molecule has 8 heteroatoms. The smallest absolute Gasteiger partial charge is 0.357 e. The van der Waals surface area contributed by atoms with Crippen molar-refractivity contribution in [3.8, 4) is 0 Å². The van der Waals surface area contributed by atoms with E-state index in [-0.39, 0.29) is 18.5 Å². The van der Waals surface area contributed by atoms with Crippen molar-refractivity contribution in [2.45, 2.75) is 45.3 Å². The molecule has 1 aromatic carbocycles. The van der Waals surface area contributed by atoms with Gasteiger partial charge in [0.1, 0.15) is 11.6 Å². The van der Waals surface area contributed by atoms with E-state index in [4.69, 9.17) is 0 Å². The lowest BCUT2D eigenvalue weighted by Gasteiger charge is -2.18. The molecule has 0 spiro atoms. The second-order valence-electron chi connectivity index (χ2n) is 5.36. The molecule has 136 valence electrons. The van der Waals surface area contributed by atoms with Crippen LogP contribution >= 0.6 is 0 Å². The lowest BCUT2D eigenvalue weighted by molar-refractivity contribution is -0.135. The Morgan fingerprint density at radius 3 is 2.50 bits per heavy atom. The molecule has 2 N–H and O–H groups in total. The molecular weight excluding hydrogens is 329 g/mol. The fourth-order valence-electron chi connectivity index (χ4n) is 2.08.